The largest absolute Gasteiger partial charge is 0.336 e. The molecule has 3 rings (SSSR count). The van der Waals surface area contributed by atoms with Crippen molar-refractivity contribution in [1.29, 1.82) is 0 Å². The Kier molecular flexibility index (Phi) is 5.01. The summed E-state index contributed by atoms with van der Waals surface area (Å²) < 4.78 is 3.55. The van der Waals surface area contributed by atoms with Gasteiger partial charge in [0.1, 0.15) is 11.6 Å². The van der Waals surface area contributed by atoms with E-state index in [1.165, 1.54) is 0 Å². The Morgan fingerprint density at radius 3 is 1.92 bits per heavy atom. The van der Waals surface area contributed by atoms with Crippen molar-refractivity contribution < 1.29 is 4.79 Å². The van der Waals surface area contributed by atoms with Gasteiger partial charge in [0.2, 0.25) is 0 Å². The standard InChI is InChI=1S/C18H21ClN5O/c1-15-6-3-7-16(2)18(15)24(17(25)12-19,13-22-10-4-8-20-22)14-23-11-5-9-21-23/h3-11H,12-14H2,1-2H3/q+1. The number of benzene rings is 1. The first-order valence-corrected chi connectivity index (χ1v) is 8.58. The van der Waals surface area contributed by atoms with Crippen molar-refractivity contribution >= 4 is 23.2 Å². The first-order valence-electron chi connectivity index (χ1n) is 8.05. The Bertz CT molecular complexity index is 786. The number of halogens is 1. The topological polar surface area (TPSA) is 52.7 Å². The number of amides is 1. The van der Waals surface area contributed by atoms with Crippen LogP contribution in [0.15, 0.2) is 55.1 Å². The second-order valence-electron chi connectivity index (χ2n) is 6.11. The van der Waals surface area contributed by atoms with Crippen molar-refractivity contribution in [2.75, 3.05) is 5.88 Å². The molecule has 25 heavy (non-hydrogen) atoms. The van der Waals surface area contributed by atoms with Gasteiger partial charge in [-0.05, 0) is 26.0 Å². The number of rotatable bonds is 6. The summed E-state index contributed by atoms with van der Waals surface area (Å²) in [5.74, 6) is -0.180. The van der Waals surface area contributed by atoms with E-state index in [4.69, 9.17) is 11.6 Å². The lowest BCUT2D eigenvalue weighted by atomic mass is 10.1. The summed E-state index contributed by atoms with van der Waals surface area (Å²) in [7, 11) is 0. The van der Waals surface area contributed by atoms with E-state index in [-0.39, 0.29) is 16.3 Å². The lowest BCUT2D eigenvalue weighted by molar-refractivity contribution is -0.131. The summed E-state index contributed by atoms with van der Waals surface area (Å²) >= 11 is 6.05. The molecule has 130 valence electrons. The zero-order chi connectivity index (χ0) is 17.9. The number of aryl methyl sites for hydroxylation is 2. The quantitative estimate of drug-likeness (QED) is 0.502. The highest BCUT2D eigenvalue weighted by atomic mass is 35.5. The van der Waals surface area contributed by atoms with Crippen LogP contribution in [0.1, 0.15) is 11.1 Å². The van der Waals surface area contributed by atoms with Gasteiger partial charge in [-0.1, -0.05) is 18.2 Å². The number of carbonyl (C=O) groups excluding carboxylic acids is 1. The van der Waals surface area contributed by atoms with Crippen molar-refractivity contribution in [2.24, 2.45) is 0 Å². The molecule has 1 amide bonds. The molecule has 0 fully saturated rings. The molecule has 0 aliphatic rings. The van der Waals surface area contributed by atoms with Gasteiger partial charge in [-0.3, -0.25) is 0 Å². The predicted octanol–water partition coefficient (Wildman–Crippen LogP) is 3.08. The number of nitrogens with zero attached hydrogens (tertiary/aromatic N) is 5. The van der Waals surface area contributed by atoms with E-state index in [1.54, 1.807) is 21.8 Å². The monoisotopic (exact) mass is 358 g/mol. The summed E-state index contributed by atoms with van der Waals surface area (Å²) in [5.41, 5.74) is 3.02. The van der Waals surface area contributed by atoms with Crippen LogP contribution in [0.4, 0.5) is 5.69 Å². The molecule has 0 atom stereocenters. The van der Waals surface area contributed by atoms with Gasteiger partial charge < -0.3 is 0 Å². The van der Waals surface area contributed by atoms with Gasteiger partial charge in [-0.25, -0.2) is 14.2 Å². The molecule has 0 unspecified atom stereocenters. The number of carbonyl (C=O) groups is 1. The van der Waals surface area contributed by atoms with Gasteiger partial charge in [0.05, 0.1) is 0 Å². The van der Waals surface area contributed by atoms with Crippen LogP contribution in [0.3, 0.4) is 0 Å². The van der Waals surface area contributed by atoms with Crippen LogP contribution in [0.25, 0.3) is 0 Å². The van der Waals surface area contributed by atoms with E-state index in [9.17, 15) is 4.79 Å². The third-order valence-electron chi connectivity index (χ3n) is 4.35. The van der Waals surface area contributed by atoms with Crippen LogP contribution >= 0.6 is 11.6 Å². The van der Waals surface area contributed by atoms with E-state index in [2.05, 4.69) is 10.2 Å². The van der Waals surface area contributed by atoms with E-state index in [1.807, 2.05) is 56.6 Å². The molecule has 1 aromatic carbocycles. The lowest BCUT2D eigenvalue weighted by Crippen LogP contribution is -2.57. The van der Waals surface area contributed by atoms with Crippen molar-refractivity contribution in [1.82, 2.24) is 24.0 Å². The fourth-order valence-electron chi connectivity index (χ4n) is 3.33. The molecule has 0 aliphatic carbocycles. The maximum absolute atomic E-state index is 13.1. The van der Waals surface area contributed by atoms with Gasteiger partial charge >= 0.3 is 5.91 Å². The van der Waals surface area contributed by atoms with Gasteiger partial charge in [-0.15, -0.1) is 11.6 Å². The van der Waals surface area contributed by atoms with Crippen LogP contribution in [0, 0.1) is 13.8 Å². The molecular formula is C18H21ClN5O+. The molecule has 0 aliphatic heterocycles. The van der Waals surface area contributed by atoms with E-state index in [0.29, 0.717) is 13.3 Å². The summed E-state index contributed by atoms with van der Waals surface area (Å²) in [6.45, 7) is 4.74. The molecule has 0 radical (unpaired) electrons. The number of alkyl halides is 1. The van der Waals surface area contributed by atoms with Crippen LogP contribution in [-0.4, -0.2) is 31.3 Å². The van der Waals surface area contributed by atoms with Crippen molar-refractivity contribution in [2.45, 2.75) is 27.2 Å². The fourth-order valence-corrected chi connectivity index (χ4v) is 3.56. The number of para-hydroxylation sites is 1. The van der Waals surface area contributed by atoms with Gasteiger partial charge in [0, 0.05) is 35.9 Å². The Morgan fingerprint density at radius 1 is 1.00 bits per heavy atom. The molecule has 6 nitrogen and oxygen atoms in total. The van der Waals surface area contributed by atoms with Crippen LogP contribution in [0.5, 0.6) is 0 Å². The zero-order valence-corrected chi connectivity index (χ0v) is 15.1. The summed E-state index contributed by atoms with van der Waals surface area (Å²) in [6, 6.07) is 9.72. The summed E-state index contributed by atoms with van der Waals surface area (Å²) in [4.78, 5) is 13.1. The highest BCUT2D eigenvalue weighted by molar-refractivity contribution is 6.28. The fraction of sp³-hybridized carbons (Fsp3) is 0.278. The first kappa shape index (κ1) is 17.4. The number of hydrogen-bond acceptors (Lipinski definition) is 3. The number of hydrogen-bond donors (Lipinski definition) is 0. The van der Waals surface area contributed by atoms with Crippen molar-refractivity contribution in [3.8, 4) is 0 Å². The average molecular weight is 359 g/mol. The molecule has 7 heteroatoms. The zero-order valence-electron chi connectivity index (χ0n) is 14.3. The minimum atomic E-state index is -0.0925. The Balaban J connectivity index is 2.21. The second kappa shape index (κ2) is 7.21. The molecular weight excluding hydrogens is 338 g/mol. The molecule has 0 saturated heterocycles. The maximum atomic E-state index is 13.1. The van der Waals surface area contributed by atoms with Gasteiger partial charge in [0.15, 0.2) is 13.3 Å². The minimum Gasteiger partial charge on any atom is -0.229 e. The molecule has 2 aromatic heterocycles. The van der Waals surface area contributed by atoms with Gasteiger partial charge in [-0.2, -0.15) is 14.7 Å². The normalized spacial score (nSPS) is 11.6. The Morgan fingerprint density at radius 2 is 1.52 bits per heavy atom. The lowest BCUT2D eigenvalue weighted by Gasteiger charge is -2.36. The Hall–Kier alpha value is -2.44. The average Bonchev–Trinajstić information content (AvgIpc) is 3.27. The van der Waals surface area contributed by atoms with Crippen LogP contribution < -0.4 is 4.48 Å². The molecule has 0 saturated carbocycles. The molecule has 2 heterocycles. The molecule has 0 N–H and O–H groups in total. The first-order chi connectivity index (χ1) is 12.1. The van der Waals surface area contributed by atoms with Crippen molar-refractivity contribution in [3.05, 3.63) is 66.2 Å². The van der Waals surface area contributed by atoms with E-state index >= 15 is 0 Å². The van der Waals surface area contributed by atoms with Crippen molar-refractivity contribution in [3.63, 3.8) is 0 Å². The minimum absolute atomic E-state index is 0.0192. The summed E-state index contributed by atoms with van der Waals surface area (Å²) in [5, 5.41) is 8.62. The molecule has 0 spiro atoms. The molecule has 3 aromatic rings. The predicted molar refractivity (Wildman–Crippen MR) is 97.9 cm³/mol. The number of aromatic nitrogens is 4. The van der Waals surface area contributed by atoms with Crippen LogP contribution in [-0.2, 0) is 18.1 Å². The highest BCUT2D eigenvalue weighted by Crippen LogP contribution is 2.33. The maximum Gasteiger partial charge on any atom is 0.336 e. The smallest absolute Gasteiger partial charge is 0.229 e. The second-order valence-corrected chi connectivity index (χ2v) is 6.38. The van der Waals surface area contributed by atoms with Gasteiger partial charge in [0.25, 0.3) is 0 Å². The third-order valence-corrected chi connectivity index (χ3v) is 4.58. The number of quaternary nitrogens is 1. The van der Waals surface area contributed by atoms with Crippen LogP contribution in [0.2, 0.25) is 0 Å². The summed E-state index contributed by atoms with van der Waals surface area (Å²) in [6.07, 6.45) is 7.12. The molecule has 0 bridgehead atoms. The van der Waals surface area contributed by atoms with E-state index < -0.39 is 0 Å². The Labute approximate surface area is 151 Å². The SMILES string of the molecule is Cc1cccc(C)c1[N+](Cn1cccn1)(Cn1cccn1)C(=O)CCl. The highest BCUT2D eigenvalue weighted by Gasteiger charge is 2.42. The van der Waals surface area contributed by atoms with E-state index in [0.717, 1.165) is 16.8 Å². The third kappa shape index (κ3) is 3.36.